The highest BCUT2D eigenvalue weighted by molar-refractivity contribution is 5.82. The third-order valence-corrected chi connectivity index (χ3v) is 3.83. The lowest BCUT2D eigenvalue weighted by atomic mass is 10.1. The summed E-state index contributed by atoms with van der Waals surface area (Å²) in [5, 5.41) is 11.6. The van der Waals surface area contributed by atoms with E-state index < -0.39 is 18.2 Å². The summed E-state index contributed by atoms with van der Waals surface area (Å²) in [4.78, 5) is 23.0. The Bertz CT molecular complexity index is 617. The summed E-state index contributed by atoms with van der Waals surface area (Å²) in [5.74, 6) is 0.0259. The Labute approximate surface area is 139 Å². The van der Waals surface area contributed by atoms with Crippen LogP contribution >= 0.6 is 0 Å². The van der Waals surface area contributed by atoms with Crippen LogP contribution in [0.3, 0.4) is 0 Å². The van der Waals surface area contributed by atoms with Crippen molar-refractivity contribution in [1.29, 1.82) is 0 Å². The third kappa shape index (κ3) is 3.70. The summed E-state index contributed by atoms with van der Waals surface area (Å²) in [6, 6.07) is 3.48. The molecule has 0 spiro atoms. The van der Waals surface area contributed by atoms with Crippen LogP contribution in [-0.2, 0) is 20.9 Å². The molecule has 1 aromatic rings. The number of hydrogen-bond donors (Lipinski definition) is 2. The normalized spacial score (nSPS) is 19.6. The molecule has 1 aliphatic rings. The Hall–Kier alpha value is -2.48. The number of carbonyl (C=O) groups excluding carboxylic acids is 1. The molecule has 1 saturated heterocycles. The molecule has 2 N–H and O–H groups in total. The molecule has 0 unspecified atom stereocenters. The first kappa shape index (κ1) is 17.9. The van der Waals surface area contributed by atoms with Crippen LogP contribution in [0.2, 0.25) is 0 Å². The van der Waals surface area contributed by atoms with Crippen molar-refractivity contribution < 1.29 is 33.6 Å². The molecule has 8 nitrogen and oxygen atoms in total. The van der Waals surface area contributed by atoms with Gasteiger partial charge in [0.15, 0.2) is 17.6 Å². The predicted octanol–water partition coefficient (Wildman–Crippen LogP) is 0.961. The Morgan fingerprint density at radius 3 is 2.33 bits per heavy atom. The maximum Gasteiger partial charge on any atom is 0.332 e. The summed E-state index contributed by atoms with van der Waals surface area (Å²) >= 11 is 0. The van der Waals surface area contributed by atoms with Crippen molar-refractivity contribution in [1.82, 2.24) is 5.32 Å². The molecule has 0 aromatic heterocycles. The van der Waals surface area contributed by atoms with Crippen LogP contribution in [-0.4, -0.2) is 50.5 Å². The van der Waals surface area contributed by atoms with Gasteiger partial charge in [0.25, 0.3) is 0 Å². The molecule has 1 heterocycles. The van der Waals surface area contributed by atoms with Crippen molar-refractivity contribution >= 4 is 11.9 Å². The van der Waals surface area contributed by atoms with Gasteiger partial charge in [0.2, 0.25) is 11.7 Å². The molecule has 132 valence electrons. The van der Waals surface area contributed by atoms with Crippen LogP contribution in [0, 0.1) is 0 Å². The van der Waals surface area contributed by atoms with Gasteiger partial charge in [0.1, 0.15) is 6.10 Å². The van der Waals surface area contributed by atoms with E-state index in [1.807, 2.05) is 0 Å². The largest absolute Gasteiger partial charge is 0.493 e. The lowest BCUT2D eigenvalue weighted by molar-refractivity contribution is -0.151. The number of benzene rings is 1. The van der Waals surface area contributed by atoms with Crippen LogP contribution in [0.25, 0.3) is 0 Å². The number of hydrogen-bond acceptors (Lipinski definition) is 6. The van der Waals surface area contributed by atoms with E-state index >= 15 is 0 Å². The van der Waals surface area contributed by atoms with E-state index in [0.29, 0.717) is 35.7 Å². The Morgan fingerprint density at radius 2 is 1.79 bits per heavy atom. The van der Waals surface area contributed by atoms with Crippen LogP contribution < -0.4 is 19.5 Å². The van der Waals surface area contributed by atoms with Gasteiger partial charge in [0.05, 0.1) is 21.3 Å². The number of amides is 1. The Balaban J connectivity index is 2.04. The lowest BCUT2D eigenvalue weighted by Gasteiger charge is -2.17. The summed E-state index contributed by atoms with van der Waals surface area (Å²) < 4.78 is 21.1. The van der Waals surface area contributed by atoms with E-state index in [1.54, 1.807) is 12.1 Å². The molecule has 0 aliphatic carbocycles. The number of carboxylic acids is 1. The van der Waals surface area contributed by atoms with Gasteiger partial charge >= 0.3 is 5.97 Å². The van der Waals surface area contributed by atoms with E-state index in [-0.39, 0.29) is 12.5 Å². The van der Waals surface area contributed by atoms with Gasteiger partial charge in [-0.3, -0.25) is 4.79 Å². The number of carbonyl (C=O) groups is 2. The summed E-state index contributed by atoms with van der Waals surface area (Å²) in [7, 11) is 4.52. The summed E-state index contributed by atoms with van der Waals surface area (Å²) in [6.07, 6.45) is -0.965. The van der Waals surface area contributed by atoms with Crippen LogP contribution in [0.5, 0.6) is 17.2 Å². The van der Waals surface area contributed by atoms with Crippen LogP contribution in [0.4, 0.5) is 0 Å². The number of carboxylic acid groups (broad SMARTS) is 1. The number of aliphatic carboxylic acids is 1. The molecule has 1 fully saturated rings. The molecule has 0 radical (unpaired) electrons. The molecule has 0 bridgehead atoms. The molecule has 24 heavy (non-hydrogen) atoms. The standard InChI is InChI=1S/C16H21NO7/c1-21-10-5-4-9(13(22-2)14(10)23-3)8-17-15(18)11-6-7-12(24-11)16(19)20/h4-5,11-12H,6-8H2,1-3H3,(H,17,18)(H,19,20)/t11-,12+/m0/s1. The topological polar surface area (TPSA) is 103 Å². The minimum absolute atomic E-state index is 0.194. The van der Waals surface area contributed by atoms with Crippen molar-refractivity contribution in [3.8, 4) is 17.2 Å². The minimum atomic E-state index is -1.05. The lowest BCUT2D eigenvalue weighted by Crippen LogP contribution is -2.35. The van der Waals surface area contributed by atoms with Crippen molar-refractivity contribution in [2.45, 2.75) is 31.6 Å². The Morgan fingerprint density at radius 1 is 1.12 bits per heavy atom. The van der Waals surface area contributed by atoms with E-state index in [9.17, 15) is 9.59 Å². The van der Waals surface area contributed by atoms with Crippen molar-refractivity contribution in [2.75, 3.05) is 21.3 Å². The first-order valence-corrected chi connectivity index (χ1v) is 7.45. The van der Waals surface area contributed by atoms with Gasteiger partial charge in [0, 0.05) is 12.1 Å². The zero-order chi connectivity index (χ0) is 17.7. The number of methoxy groups -OCH3 is 3. The number of nitrogens with one attached hydrogen (secondary N) is 1. The fraction of sp³-hybridized carbons (Fsp3) is 0.500. The van der Waals surface area contributed by atoms with E-state index in [0.717, 1.165) is 0 Å². The molecule has 1 amide bonds. The fourth-order valence-corrected chi connectivity index (χ4v) is 2.61. The van der Waals surface area contributed by atoms with Crippen molar-refractivity contribution in [2.24, 2.45) is 0 Å². The quantitative estimate of drug-likeness (QED) is 0.762. The molecule has 2 atom stereocenters. The van der Waals surface area contributed by atoms with Crippen LogP contribution in [0.1, 0.15) is 18.4 Å². The number of rotatable bonds is 7. The first-order valence-electron chi connectivity index (χ1n) is 7.45. The third-order valence-electron chi connectivity index (χ3n) is 3.83. The number of ether oxygens (including phenoxy) is 4. The van der Waals surface area contributed by atoms with Crippen molar-refractivity contribution in [3.63, 3.8) is 0 Å². The highest BCUT2D eigenvalue weighted by atomic mass is 16.5. The monoisotopic (exact) mass is 339 g/mol. The minimum Gasteiger partial charge on any atom is -0.493 e. The maximum absolute atomic E-state index is 12.1. The molecule has 2 rings (SSSR count). The summed E-state index contributed by atoms with van der Waals surface area (Å²) in [6.45, 7) is 0.194. The molecule has 8 heteroatoms. The first-order chi connectivity index (χ1) is 11.5. The van der Waals surface area contributed by atoms with Gasteiger partial charge in [-0.25, -0.2) is 4.79 Å². The van der Waals surface area contributed by atoms with Gasteiger partial charge < -0.3 is 29.4 Å². The SMILES string of the molecule is COc1ccc(CNC(=O)[C@@H]2CC[C@H](C(=O)O)O2)c(OC)c1OC. The maximum atomic E-state index is 12.1. The second-order valence-electron chi connectivity index (χ2n) is 5.24. The van der Waals surface area contributed by atoms with E-state index in [2.05, 4.69) is 5.32 Å². The van der Waals surface area contributed by atoms with Gasteiger partial charge in [-0.15, -0.1) is 0 Å². The average molecular weight is 339 g/mol. The molecular weight excluding hydrogens is 318 g/mol. The summed E-state index contributed by atoms with van der Waals surface area (Å²) in [5.41, 5.74) is 0.705. The predicted molar refractivity (Wildman–Crippen MR) is 83.5 cm³/mol. The average Bonchev–Trinajstić information content (AvgIpc) is 3.09. The van der Waals surface area contributed by atoms with E-state index in [1.165, 1.54) is 21.3 Å². The smallest absolute Gasteiger partial charge is 0.332 e. The van der Waals surface area contributed by atoms with Crippen LogP contribution in [0.15, 0.2) is 12.1 Å². The van der Waals surface area contributed by atoms with E-state index in [4.69, 9.17) is 24.1 Å². The molecule has 1 aromatic carbocycles. The van der Waals surface area contributed by atoms with Gasteiger partial charge in [-0.2, -0.15) is 0 Å². The van der Waals surface area contributed by atoms with Gasteiger partial charge in [-0.1, -0.05) is 0 Å². The second kappa shape index (κ2) is 7.87. The molecular formula is C16H21NO7. The zero-order valence-electron chi connectivity index (χ0n) is 13.8. The zero-order valence-corrected chi connectivity index (χ0v) is 13.8. The van der Waals surface area contributed by atoms with Crippen molar-refractivity contribution in [3.05, 3.63) is 17.7 Å². The molecule has 0 saturated carbocycles. The fourth-order valence-electron chi connectivity index (χ4n) is 2.61. The van der Waals surface area contributed by atoms with Gasteiger partial charge in [-0.05, 0) is 25.0 Å². The Kier molecular flexibility index (Phi) is 5.86. The highest BCUT2D eigenvalue weighted by Gasteiger charge is 2.34. The molecule has 1 aliphatic heterocycles. The second-order valence-corrected chi connectivity index (χ2v) is 5.24. The highest BCUT2D eigenvalue weighted by Crippen LogP contribution is 2.39.